The molecule has 28 heavy (non-hydrogen) atoms. The monoisotopic (exact) mass is 393 g/mol. The third-order valence-corrected chi connectivity index (χ3v) is 3.81. The summed E-state index contributed by atoms with van der Waals surface area (Å²) < 4.78 is 34.9. The molecular weight excluding hydrogens is 368 g/mol. The molecule has 8 heteroatoms. The van der Waals surface area contributed by atoms with Crippen molar-refractivity contribution in [2.75, 3.05) is 27.2 Å². The number of rotatable bonds is 10. The van der Waals surface area contributed by atoms with Gasteiger partial charge in [0.25, 0.3) is 0 Å². The smallest absolute Gasteiger partial charge is 0.387 e. The summed E-state index contributed by atoms with van der Waals surface area (Å²) in [6, 6.07) is 13.4. The van der Waals surface area contributed by atoms with E-state index in [1.54, 1.807) is 18.2 Å². The van der Waals surface area contributed by atoms with E-state index in [4.69, 9.17) is 4.74 Å². The number of urea groups is 1. The van der Waals surface area contributed by atoms with Gasteiger partial charge in [0, 0.05) is 25.2 Å². The van der Waals surface area contributed by atoms with Crippen LogP contribution in [0, 0.1) is 0 Å². The molecule has 0 atom stereocenters. The number of likely N-dealkylation sites (N-methyl/N-ethyl adjacent to an activating group) is 1. The topological polar surface area (TPSA) is 62.8 Å². The molecule has 2 amide bonds. The standard InChI is InChI=1S/C20H25F2N3O3/c1-25(2)11-12-27-17-9-7-15(8-10-17)13-23-20(26)24-14-16-5-3-4-6-18(16)28-19(21)22/h3-10,19H,11-14H2,1-2H3,(H2,23,24,26). The van der Waals surface area contributed by atoms with E-state index in [1.165, 1.54) is 6.07 Å². The molecule has 0 fully saturated rings. The van der Waals surface area contributed by atoms with Crippen molar-refractivity contribution >= 4 is 6.03 Å². The second kappa shape index (κ2) is 11.1. The SMILES string of the molecule is CN(C)CCOc1ccc(CNC(=O)NCc2ccccc2OC(F)F)cc1. The van der Waals surface area contributed by atoms with E-state index >= 15 is 0 Å². The Kier molecular flexibility index (Phi) is 8.48. The molecule has 0 heterocycles. The predicted octanol–water partition coefficient (Wildman–Crippen LogP) is 3.23. The zero-order valence-electron chi connectivity index (χ0n) is 16.0. The van der Waals surface area contributed by atoms with Crippen LogP contribution in [0.3, 0.4) is 0 Å². The van der Waals surface area contributed by atoms with Crippen molar-refractivity contribution in [3.8, 4) is 11.5 Å². The summed E-state index contributed by atoms with van der Waals surface area (Å²) in [6.07, 6.45) is 0. The van der Waals surface area contributed by atoms with Gasteiger partial charge in [0.1, 0.15) is 18.1 Å². The van der Waals surface area contributed by atoms with E-state index in [2.05, 4.69) is 15.4 Å². The molecular formula is C20H25F2N3O3. The highest BCUT2D eigenvalue weighted by atomic mass is 19.3. The number of alkyl halides is 2. The van der Waals surface area contributed by atoms with Crippen LogP contribution in [0.1, 0.15) is 11.1 Å². The lowest BCUT2D eigenvalue weighted by Crippen LogP contribution is -2.34. The van der Waals surface area contributed by atoms with Crippen molar-refractivity contribution in [3.05, 3.63) is 59.7 Å². The Hall–Kier alpha value is -2.87. The van der Waals surface area contributed by atoms with Crippen molar-refractivity contribution in [3.63, 3.8) is 0 Å². The van der Waals surface area contributed by atoms with Crippen molar-refractivity contribution in [1.82, 2.24) is 15.5 Å². The molecule has 0 aliphatic rings. The lowest BCUT2D eigenvalue weighted by molar-refractivity contribution is -0.0504. The molecule has 152 valence electrons. The first-order valence-corrected chi connectivity index (χ1v) is 8.85. The number of amides is 2. The van der Waals surface area contributed by atoms with Crippen molar-refractivity contribution < 1.29 is 23.0 Å². The molecule has 0 spiro atoms. The average Bonchev–Trinajstić information content (AvgIpc) is 2.66. The van der Waals surface area contributed by atoms with Gasteiger partial charge in [0.05, 0.1) is 0 Å². The van der Waals surface area contributed by atoms with Crippen LogP contribution in [0.5, 0.6) is 11.5 Å². The third-order valence-electron chi connectivity index (χ3n) is 3.81. The highest BCUT2D eigenvalue weighted by Gasteiger charge is 2.10. The number of benzene rings is 2. The Morgan fingerprint density at radius 2 is 1.71 bits per heavy atom. The highest BCUT2D eigenvalue weighted by molar-refractivity contribution is 5.73. The van der Waals surface area contributed by atoms with Crippen molar-refractivity contribution in [2.24, 2.45) is 0 Å². The van der Waals surface area contributed by atoms with E-state index in [1.807, 2.05) is 43.3 Å². The van der Waals surface area contributed by atoms with E-state index in [9.17, 15) is 13.6 Å². The molecule has 0 aliphatic heterocycles. The zero-order valence-corrected chi connectivity index (χ0v) is 16.0. The molecule has 0 aliphatic carbocycles. The second-order valence-corrected chi connectivity index (χ2v) is 6.32. The Labute approximate surface area is 163 Å². The van der Waals surface area contributed by atoms with Crippen LogP contribution in [0.2, 0.25) is 0 Å². The van der Waals surface area contributed by atoms with Crippen molar-refractivity contribution in [2.45, 2.75) is 19.7 Å². The van der Waals surface area contributed by atoms with Crippen LogP contribution in [-0.2, 0) is 13.1 Å². The lowest BCUT2D eigenvalue weighted by Gasteiger charge is -2.12. The number of para-hydroxylation sites is 1. The first kappa shape index (κ1) is 21.4. The summed E-state index contributed by atoms with van der Waals surface area (Å²) in [6.45, 7) is -1.07. The van der Waals surface area contributed by atoms with Gasteiger partial charge in [0.2, 0.25) is 0 Å². The summed E-state index contributed by atoms with van der Waals surface area (Å²) in [5.41, 5.74) is 1.38. The first-order chi connectivity index (χ1) is 13.4. The second-order valence-electron chi connectivity index (χ2n) is 6.32. The summed E-state index contributed by atoms with van der Waals surface area (Å²) in [5, 5.41) is 5.35. The molecule has 0 aromatic heterocycles. The Morgan fingerprint density at radius 1 is 1.04 bits per heavy atom. The molecule has 2 aromatic carbocycles. The fourth-order valence-corrected chi connectivity index (χ4v) is 2.33. The quantitative estimate of drug-likeness (QED) is 0.651. The van der Waals surface area contributed by atoms with Crippen LogP contribution < -0.4 is 20.1 Å². The molecule has 2 aromatic rings. The predicted molar refractivity (Wildman–Crippen MR) is 103 cm³/mol. The van der Waals surface area contributed by atoms with Crippen LogP contribution >= 0.6 is 0 Å². The average molecular weight is 393 g/mol. The van der Waals surface area contributed by atoms with Gasteiger partial charge in [-0.3, -0.25) is 0 Å². The normalized spacial score (nSPS) is 10.8. The van der Waals surface area contributed by atoms with Gasteiger partial charge in [0.15, 0.2) is 0 Å². The van der Waals surface area contributed by atoms with Crippen LogP contribution in [0.4, 0.5) is 13.6 Å². The van der Waals surface area contributed by atoms with E-state index in [0.717, 1.165) is 17.9 Å². The Balaban J connectivity index is 1.75. The Bertz CT molecular complexity index is 740. The maximum absolute atomic E-state index is 12.4. The van der Waals surface area contributed by atoms with Gasteiger partial charge in [-0.1, -0.05) is 30.3 Å². The lowest BCUT2D eigenvalue weighted by atomic mass is 10.2. The van der Waals surface area contributed by atoms with Crippen molar-refractivity contribution in [1.29, 1.82) is 0 Å². The fraction of sp³-hybridized carbons (Fsp3) is 0.350. The van der Waals surface area contributed by atoms with E-state index < -0.39 is 12.6 Å². The maximum atomic E-state index is 12.4. The summed E-state index contributed by atoms with van der Waals surface area (Å²) in [7, 11) is 3.96. The van der Waals surface area contributed by atoms with Crippen LogP contribution in [-0.4, -0.2) is 44.8 Å². The van der Waals surface area contributed by atoms with Gasteiger partial charge in [-0.25, -0.2) is 4.79 Å². The first-order valence-electron chi connectivity index (χ1n) is 8.85. The number of ether oxygens (including phenoxy) is 2. The van der Waals surface area contributed by atoms with Gasteiger partial charge in [-0.15, -0.1) is 0 Å². The van der Waals surface area contributed by atoms with E-state index in [0.29, 0.717) is 18.7 Å². The van der Waals surface area contributed by atoms with Crippen LogP contribution in [0.25, 0.3) is 0 Å². The van der Waals surface area contributed by atoms with E-state index in [-0.39, 0.29) is 12.3 Å². The number of nitrogens with zero attached hydrogens (tertiary/aromatic N) is 1. The number of hydrogen-bond acceptors (Lipinski definition) is 4. The van der Waals surface area contributed by atoms with Gasteiger partial charge < -0.3 is 25.0 Å². The molecule has 2 rings (SSSR count). The maximum Gasteiger partial charge on any atom is 0.387 e. The largest absolute Gasteiger partial charge is 0.492 e. The number of carbonyl (C=O) groups excluding carboxylic acids is 1. The highest BCUT2D eigenvalue weighted by Crippen LogP contribution is 2.19. The molecule has 0 bridgehead atoms. The Morgan fingerprint density at radius 3 is 2.39 bits per heavy atom. The van der Waals surface area contributed by atoms with Crippen LogP contribution in [0.15, 0.2) is 48.5 Å². The zero-order chi connectivity index (χ0) is 20.4. The number of nitrogens with one attached hydrogen (secondary N) is 2. The number of carbonyl (C=O) groups is 1. The minimum absolute atomic E-state index is 0.0441. The fourth-order valence-electron chi connectivity index (χ4n) is 2.33. The third kappa shape index (κ3) is 7.79. The number of halogens is 2. The summed E-state index contributed by atoms with van der Waals surface area (Å²) >= 11 is 0. The molecule has 2 N–H and O–H groups in total. The molecule has 0 unspecified atom stereocenters. The molecule has 0 radical (unpaired) electrons. The molecule has 0 saturated heterocycles. The van der Waals surface area contributed by atoms with Gasteiger partial charge in [-0.2, -0.15) is 8.78 Å². The molecule has 0 saturated carbocycles. The minimum Gasteiger partial charge on any atom is -0.492 e. The minimum atomic E-state index is -2.91. The number of hydrogen-bond donors (Lipinski definition) is 2. The summed E-state index contributed by atoms with van der Waals surface area (Å²) in [4.78, 5) is 14.0. The molecule has 6 nitrogen and oxygen atoms in total. The van der Waals surface area contributed by atoms with Gasteiger partial charge in [-0.05, 0) is 37.9 Å². The van der Waals surface area contributed by atoms with Gasteiger partial charge >= 0.3 is 12.6 Å². The summed E-state index contributed by atoms with van der Waals surface area (Å²) in [5.74, 6) is 0.813.